The summed E-state index contributed by atoms with van der Waals surface area (Å²) in [6.07, 6.45) is 0. The van der Waals surface area contributed by atoms with Gasteiger partial charge in [0.1, 0.15) is 6.04 Å². The van der Waals surface area contributed by atoms with Crippen LogP contribution in [-0.2, 0) is 4.79 Å². The number of aliphatic hydroxyl groups excluding tert-OH is 1. The van der Waals surface area contributed by atoms with Crippen molar-refractivity contribution in [2.75, 3.05) is 18.6 Å². The van der Waals surface area contributed by atoms with Crippen molar-refractivity contribution in [3.05, 3.63) is 28.8 Å². The summed E-state index contributed by atoms with van der Waals surface area (Å²) in [6, 6.07) is 3.19. The monoisotopic (exact) mass is 236 g/mol. The molecule has 0 bridgehead atoms. The van der Waals surface area contributed by atoms with Crippen molar-refractivity contribution in [3.63, 3.8) is 0 Å². The maximum Gasteiger partial charge on any atom is 0.246 e. The molecule has 1 rings (SSSR count). The second kappa shape index (κ2) is 5.29. The van der Waals surface area contributed by atoms with E-state index < -0.39 is 6.04 Å². The van der Waals surface area contributed by atoms with E-state index in [4.69, 9.17) is 10.8 Å². The summed E-state index contributed by atoms with van der Waals surface area (Å²) < 4.78 is 0. The number of rotatable bonds is 3. The van der Waals surface area contributed by atoms with Gasteiger partial charge in [-0.2, -0.15) is 0 Å². The lowest BCUT2D eigenvalue weighted by Crippen LogP contribution is -2.44. The molecule has 1 aromatic carbocycles. The molecule has 0 spiro atoms. The molecule has 0 heterocycles. The van der Waals surface area contributed by atoms with Gasteiger partial charge in [-0.15, -0.1) is 0 Å². The summed E-state index contributed by atoms with van der Waals surface area (Å²) in [5.41, 5.74) is 9.63. The van der Waals surface area contributed by atoms with Crippen molar-refractivity contribution < 1.29 is 9.90 Å². The Morgan fingerprint density at radius 3 is 2.24 bits per heavy atom. The molecule has 0 aromatic heterocycles. The van der Waals surface area contributed by atoms with Crippen LogP contribution in [0, 0.1) is 20.8 Å². The van der Waals surface area contributed by atoms with Crippen LogP contribution in [0.1, 0.15) is 16.7 Å². The number of aliphatic hydroxyl groups is 1. The van der Waals surface area contributed by atoms with E-state index in [1.165, 1.54) is 4.90 Å². The Morgan fingerprint density at radius 1 is 1.35 bits per heavy atom. The first-order chi connectivity index (χ1) is 7.88. The minimum atomic E-state index is -0.861. The summed E-state index contributed by atoms with van der Waals surface area (Å²) >= 11 is 0. The fourth-order valence-corrected chi connectivity index (χ4v) is 2.14. The molecule has 0 fully saturated rings. The minimum absolute atomic E-state index is 0.275. The molecule has 0 aliphatic rings. The highest BCUT2D eigenvalue weighted by atomic mass is 16.3. The molecule has 0 aliphatic heterocycles. The highest BCUT2D eigenvalue weighted by Gasteiger charge is 2.20. The number of likely N-dealkylation sites (N-methyl/N-ethyl adjacent to an activating group) is 1. The molecule has 4 nitrogen and oxygen atoms in total. The molecule has 17 heavy (non-hydrogen) atoms. The van der Waals surface area contributed by atoms with Gasteiger partial charge in [0.05, 0.1) is 6.61 Å². The number of carbonyl (C=O) groups is 1. The third kappa shape index (κ3) is 2.84. The van der Waals surface area contributed by atoms with E-state index >= 15 is 0 Å². The molecule has 0 radical (unpaired) electrons. The predicted octanol–water partition coefficient (Wildman–Crippen LogP) is 0.894. The molecular weight excluding hydrogens is 216 g/mol. The number of anilines is 1. The molecule has 1 amide bonds. The van der Waals surface area contributed by atoms with E-state index in [1.54, 1.807) is 7.05 Å². The van der Waals surface area contributed by atoms with Crippen LogP contribution in [0.2, 0.25) is 0 Å². The molecule has 0 saturated heterocycles. The van der Waals surface area contributed by atoms with Crippen LogP contribution in [0.25, 0.3) is 0 Å². The standard InChI is InChI=1S/C13H20N2O2/c1-8-5-9(2)12(10(3)6-8)15(4)13(17)11(14)7-16/h5-6,11,16H,7,14H2,1-4H3. The average Bonchev–Trinajstić information content (AvgIpc) is 2.25. The summed E-state index contributed by atoms with van der Waals surface area (Å²) in [6.45, 7) is 5.60. The second-order valence-electron chi connectivity index (χ2n) is 4.43. The molecule has 1 aromatic rings. The van der Waals surface area contributed by atoms with Crippen LogP contribution in [0.15, 0.2) is 12.1 Å². The summed E-state index contributed by atoms with van der Waals surface area (Å²) in [5.74, 6) is -0.275. The lowest BCUT2D eigenvalue weighted by atomic mass is 10.0. The van der Waals surface area contributed by atoms with Gasteiger partial charge in [-0.25, -0.2) is 0 Å². The molecule has 1 unspecified atom stereocenters. The SMILES string of the molecule is Cc1cc(C)c(N(C)C(=O)C(N)CO)c(C)c1. The van der Waals surface area contributed by atoms with E-state index in [2.05, 4.69) is 0 Å². The van der Waals surface area contributed by atoms with E-state index in [1.807, 2.05) is 32.9 Å². The van der Waals surface area contributed by atoms with Crippen molar-refractivity contribution in [3.8, 4) is 0 Å². The second-order valence-corrected chi connectivity index (χ2v) is 4.43. The van der Waals surface area contributed by atoms with Crippen LogP contribution in [-0.4, -0.2) is 30.7 Å². The van der Waals surface area contributed by atoms with Gasteiger partial charge in [0.15, 0.2) is 0 Å². The van der Waals surface area contributed by atoms with Crippen molar-refractivity contribution in [2.45, 2.75) is 26.8 Å². The van der Waals surface area contributed by atoms with E-state index in [9.17, 15) is 4.79 Å². The average molecular weight is 236 g/mol. The number of hydrogen-bond donors (Lipinski definition) is 2. The highest BCUT2D eigenvalue weighted by molar-refractivity contribution is 5.98. The maximum atomic E-state index is 11.9. The first-order valence-corrected chi connectivity index (χ1v) is 5.60. The third-order valence-electron chi connectivity index (χ3n) is 2.82. The maximum absolute atomic E-state index is 11.9. The summed E-state index contributed by atoms with van der Waals surface area (Å²) in [5, 5.41) is 8.91. The number of aryl methyl sites for hydroxylation is 3. The van der Waals surface area contributed by atoms with Crippen molar-refractivity contribution in [2.24, 2.45) is 5.73 Å². The third-order valence-corrected chi connectivity index (χ3v) is 2.82. The number of amides is 1. The van der Waals surface area contributed by atoms with E-state index in [0.29, 0.717) is 0 Å². The Bertz CT molecular complexity index is 406. The van der Waals surface area contributed by atoms with Crippen molar-refractivity contribution in [1.29, 1.82) is 0 Å². The van der Waals surface area contributed by atoms with Gasteiger partial charge in [-0.1, -0.05) is 17.7 Å². The topological polar surface area (TPSA) is 66.6 Å². The van der Waals surface area contributed by atoms with E-state index in [0.717, 1.165) is 22.4 Å². The number of nitrogens with two attached hydrogens (primary N) is 1. The Labute approximate surface area is 102 Å². The molecule has 94 valence electrons. The van der Waals surface area contributed by atoms with Gasteiger partial charge in [0, 0.05) is 12.7 Å². The zero-order valence-electron chi connectivity index (χ0n) is 10.8. The number of carbonyl (C=O) groups excluding carboxylic acids is 1. The van der Waals surface area contributed by atoms with Crippen LogP contribution in [0.5, 0.6) is 0 Å². The van der Waals surface area contributed by atoms with Gasteiger partial charge in [-0.3, -0.25) is 4.79 Å². The van der Waals surface area contributed by atoms with Crippen LogP contribution in [0.3, 0.4) is 0 Å². The van der Waals surface area contributed by atoms with Crippen LogP contribution in [0.4, 0.5) is 5.69 Å². The predicted molar refractivity (Wildman–Crippen MR) is 69.1 cm³/mol. The summed E-state index contributed by atoms with van der Waals surface area (Å²) in [7, 11) is 1.68. The van der Waals surface area contributed by atoms with Crippen LogP contribution < -0.4 is 10.6 Å². The Morgan fingerprint density at radius 2 is 1.82 bits per heavy atom. The first-order valence-electron chi connectivity index (χ1n) is 5.60. The number of hydrogen-bond acceptors (Lipinski definition) is 3. The smallest absolute Gasteiger partial charge is 0.246 e. The Hall–Kier alpha value is -1.39. The Balaban J connectivity index is 3.12. The van der Waals surface area contributed by atoms with E-state index in [-0.39, 0.29) is 12.5 Å². The van der Waals surface area contributed by atoms with Crippen molar-refractivity contribution >= 4 is 11.6 Å². The molecular formula is C13H20N2O2. The largest absolute Gasteiger partial charge is 0.394 e. The fourth-order valence-electron chi connectivity index (χ4n) is 2.14. The lowest BCUT2D eigenvalue weighted by Gasteiger charge is -2.24. The lowest BCUT2D eigenvalue weighted by molar-refractivity contribution is -0.120. The zero-order valence-corrected chi connectivity index (χ0v) is 10.8. The summed E-state index contributed by atoms with van der Waals surface area (Å²) in [4.78, 5) is 13.4. The number of benzene rings is 1. The molecule has 1 atom stereocenters. The van der Waals surface area contributed by atoms with Gasteiger partial charge in [0.25, 0.3) is 0 Å². The molecule has 0 aliphatic carbocycles. The van der Waals surface area contributed by atoms with Gasteiger partial charge in [-0.05, 0) is 31.9 Å². The quantitative estimate of drug-likeness (QED) is 0.819. The number of nitrogens with zero attached hydrogens (tertiary/aromatic N) is 1. The fraction of sp³-hybridized carbons (Fsp3) is 0.462. The minimum Gasteiger partial charge on any atom is -0.394 e. The zero-order chi connectivity index (χ0) is 13.2. The molecule has 0 saturated carbocycles. The normalized spacial score (nSPS) is 12.4. The van der Waals surface area contributed by atoms with Gasteiger partial charge >= 0.3 is 0 Å². The van der Waals surface area contributed by atoms with Gasteiger partial charge in [0.2, 0.25) is 5.91 Å². The first kappa shape index (κ1) is 13.7. The van der Waals surface area contributed by atoms with Crippen molar-refractivity contribution in [1.82, 2.24) is 0 Å². The molecule has 4 heteroatoms. The highest BCUT2D eigenvalue weighted by Crippen LogP contribution is 2.25. The van der Waals surface area contributed by atoms with Crippen LogP contribution >= 0.6 is 0 Å². The van der Waals surface area contributed by atoms with Gasteiger partial charge < -0.3 is 15.7 Å². The molecule has 3 N–H and O–H groups in total. The Kier molecular flexibility index (Phi) is 4.26.